The molecule has 1 N–H and O–H groups in total. The van der Waals surface area contributed by atoms with E-state index in [0.717, 1.165) is 29.8 Å². The number of rotatable bonds is 4. The molecule has 0 aliphatic heterocycles. The Labute approximate surface area is 118 Å². The van der Waals surface area contributed by atoms with Crippen molar-refractivity contribution >= 4 is 5.91 Å². The van der Waals surface area contributed by atoms with Gasteiger partial charge in [-0.2, -0.15) is 5.10 Å². The minimum atomic E-state index is 0.263. The second-order valence-electron chi connectivity index (χ2n) is 5.41. The predicted octanol–water partition coefficient (Wildman–Crippen LogP) is 2.15. The van der Waals surface area contributed by atoms with E-state index < -0.39 is 0 Å². The van der Waals surface area contributed by atoms with Crippen LogP contribution in [0.3, 0.4) is 0 Å². The number of carbonyl (C=O) groups is 1. The average Bonchev–Trinajstić information content (AvgIpc) is 3.21. The van der Waals surface area contributed by atoms with Gasteiger partial charge in [-0.25, -0.2) is 4.98 Å². The van der Waals surface area contributed by atoms with Gasteiger partial charge in [-0.15, -0.1) is 0 Å². The minimum absolute atomic E-state index is 0.263. The van der Waals surface area contributed by atoms with Crippen LogP contribution in [-0.2, 0) is 11.3 Å². The van der Waals surface area contributed by atoms with Gasteiger partial charge in [-0.05, 0) is 25.3 Å². The van der Waals surface area contributed by atoms with Crippen molar-refractivity contribution in [2.45, 2.75) is 26.3 Å². The highest BCUT2D eigenvalue weighted by Crippen LogP contribution is 2.31. The van der Waals surface area contributed by atoms with Crippen LogP contribution in [0.4, 0.5) is 0 Å². The first kappa shape index (κ1) is 12.8. The lowest BCUT2D eigenvalue weighted by Gasteiger charge is -2.17. The van der Waals surface area contributed by atoms with Gasteiger partial charge >= 0.3 is 0 Å². The molecule has 0 bridgehead atoms. The second-order valence-corrected chi connectivity index (χ2v) is 5.41. The van der Waals surface area contributed by atoms with E-state index in [-0.39, 0.29) is 11.8 Å². The van der Waals surface area contributed by atoms with E-state index in [1.807, 2.05) is 43.1 Å². The highest BCUT2D eigenvalue weighted by Gasteiger charge is 2.31. The van der Waals surface area contributed by atoms with Crippen LogP contribution in [0, 0.1) is 12.8 Å². The number of hydrogen-bond donors (Lipinski definition) is 1. The van der Waals surface area contributed by atoms with Crippen molar-refractivity contribution in [2.75, 3.05) is 7.05 Å². The fraction of sp³-hybridized carbons (Fsp3) is 0.400. The molecule has 20 heavy (non-hydrogen) atoms. The van der Waals surface area contributed by atoms with Crippen molar-refractivity contribution in [3.05, 3.63) is 35.7 Å². The number of hydrogen-bond acceptors (Lipinski definition) is 3. The molecule has 1 aliphatic rings. The fourth-order valence-corrected chi connectivity index (χ4v) is 2.22. The molecule has 104 valence electrons. The van der Waals surface area contributed by atoms with Gasteiger partial charge in [-0.1, -0.05) is 24.3 Å². The maximum atomic E-state index is 11.9. The van der Waals surface area contributed by atoms with E-state index in [2.05, 4.69) is 15.2 Å². The number of amides is 1. The number of carbonyl (C=O) groups excluding carboxylic acids is 1. The third-order valence-electron chi connectivity index (χ3n) is 3.53. The van der Waals surface area contributed by atoms with Crippen LogP contribution in [0.25, 0.3) is 11.4 Å². The first-order valence-corrected chi connectivity index (χ1v) is 6.87. The van der Waals surface area contributed by atoms with Gasteiger partial charge in [0.1, 0.15) is 5.82 Å². The highest BCUT2D eigenvalue weighted by atomic mass is 16.2. The van der Waals surface area contributed by atoms with Crippen LogP contribution in [-0.4, -0.2) is 33.0 Å². The summed E-state index contributed by atoms with van der Waals surface area (Å²) in [7, 11) is 1.87. The molecule has 1 heterocycles. The van der Waals surface area contributed by atoms with Crippen molar-refractivity contribution in [2.24, 2.45) is 5.92 Å². The molecule has 1 amide bonds. The Morgan fingerprint density at radius 1 is 1.35 bits per heavy atom. The largest absolute Gasteiger partial charge is 0.341 e. The van der Waals surface area contributed by atoms with E-state index in [1.165, 1.54) is 0 Å². The first-order valence-electron chi connectivity index (χ1n) is 6.87. The van der Waals surface area contributed by atoms with Crippen molar-refractivity contribution in [1.29, 1.82) is 0 Å². The highest BCUT2D eigenvalue weighted by molar-refractivity contribution is 5.80. The smallest absolute Gasteiger partial charge is 0.225 e. The Balaban J connectivity index is 1.68. The number of H-pyrrole nitrogens is 1. The topological polar surface area (TPSA) is 61.9 Å². The molecule has 0 radical (unpaired) electrons. The van der Waals surface area contributed by atoms with Crippen LogP contribution < -0.4 is 0 Å². The second kappa shape index (κ2) is 5.07. The minimum Gasteiger partial charge on any atom is -0.341 e. The summed E-state index contributed by atoms with van der Waals surface area (Å²) in [4.78, 5) is 18.0. The van der Waals surface area contributed by atoms with Crippen LogP contribution in [0.2, 0.25) is 0 Å². The van der Waals surface area contributed by atoms with Crippen LogP contribution in [0.1, 0.15) is 24.2 Å². The number of aryl methyl sites for hydroxylation is 1. The van der Waals surface area contributed by atoms with Gasteiger partial charge in [-0.3, -0.25) is 9.89 Å². The Hall–Kier alpha value is -2.17. The SMILES string of the molecule is Cc1nc(-c2ccc(CN(C)C(=O)C3CC3)cc2)n[nH]1. The molecule has 1 fully saturated rings. The van der Waals surface area contributed by atoms with Gasteiger partial charge in [0.05, 0.1) is 0 Å². The van der Waals surface area contributed by atoms with Crippen LogP contribution in [0.5, 0.6) is 0 Å². The number of aromatic nitrogens is 3. The third kappa shape index (κ3) is 2.71. The molecule has 1 saturated carbocycles. The molecule has 5 heteroatoms. The Bertz CT molecular complexity index is 613. The molecular formula is C15H18N4O. The summed E-state index contributed by atoms with van der Waals surface area (Å²) in [6.07, 6.45) is 2.10. The lowest BCUT2D eigenvalue weighted by atomic mass is 10.1. The summed E-state index contributed by atoms with van der Waals surface area (Å²) in [5.74, 6) is 2.05. The molecule has 0 spiro atoms. The molecule has 1 aromatic heterocycles. The van der Waals surface area contributed by atoms with Gasteiger partial charge in [0.25, 0.3) is 0 Å². The first-order chi connectivity index (χ1) is 9.63. The predicted molar refractivity (Wildman–Crippen MR) is 75.8 cm³/mol. The third-order valence-corrected chi connectivity index (χ3v) is 3.53. The summed E-state index contributed by atoms with van der Waals surface area (Å²) < 4.78 is 0. The molecule has 3 rings (SSSR count). The Morgan fingerprint density at radius 2 is 2.05 bits per heavy atom. The summed E-state index contributed by atoms with van der Waals surface area (Å²) in [6, 6.07) is 8.04. The molecule has 0 unspecified atom stereocenters. The summed E-state index contributed by atoms with van der Waals surface area (Å²) in [5.41, 5.74) is 2.10. The van der Waals surface area contributed by atoms with E-state index >= 15 is 0 Å². The number of nitrogens with one attached hydrogen (secondary N) is 1. The summed E-state index contributed by atoms with van der Waals surface area (Å²) in [5, 5.41) is 6.97. The van der Waals surface area contributed by atoms with Crippen molar-refractivity contribution in [3.8, 4) is 11.4 Å². The van der Waals surface area contributed by atoms with Gasteiger partial charge in [0, 0.05) is 25.1 Å². The zero-order valence-corrected chi connectivity index (χ0v) is 11.8. The molecule has 2 aromatic rings. The van der Waals surface area contributed by atoms with E-state index in [1.54, 1.807) is 0 Å². The van der Waals surface area contributed by atoms with Crippen molar-refractivity contribution in [3.63, 3.8) is 0 Å². The lowest BCUT2D eigenvalue weighted by Crippen LogP contribution is -2.27. The van der Waals surface area contributed by atoms with Gasteiger partial charge in [0.15, 0.2) is 5.82 Å². The molecule has 0 saturated heterocycles. The molecule has 5 nitrogen and oxygen atoms in total. The molecule has 1 aromatic carbocycles. The van der Waals surface area contributed by atoms with E-state index in [4.69, 9.17) is 0 Å². The lowest BCUT2D eigenvalue weighted by molar-refractivity contribution is -0.131. The zero-order valence-electron chi connectivity index (χ0n) is 11.8. The van der Waals surface area contributed by atoms with Gasteiger partial charge < -0.3 is 4.90 Å². The summed E-state index contributed by atoms with van der Waals surface area (Å²) >= 11 is 0. The maximum absolute atomic E-state index is 11.9. The van der Waals surface area contributed by atoms with E-state index in [9.17, 15) is 4.79 Å². The zero-order chi connectivity index (χ0) is 14.1. The monoisotopic (exact) mass is 270 g/mol. The Morgan fingerprint density at radius 3 is 2.60 bits per heavy atom. The number of benzene rings is 1. The van der Waals surface area contributed by atoms with Crippen molar-refractivity contribution < 1.29 is 4.79 Å². The van der Waals surface area contributed by atoms with Crippen LogP contribution >= 0.6 is 0 Å². The Kier molecular flexibility index (Phi) is 3.26. The average molecular weight is 270 g/mol. The number of aromatic amines is 1. The standard InChI is InChI=1S/C15H18N4O/c1-10-16-14(18-17-10)12-5-3-11(4-6-12)9-19(2)15(20)13-7-8-13/h3-6,13H,7-9H2,1-2H3,(H,16,17,18). The van der Waals surface area contributed by atoms with E-state index in [0.29, 0.717) is 12.4 Å². The number of nitrogens with zero attached hydrogens (tertiary/aromatic N) is 3. The fourth-order valence-electron chi connectivity index (χ4n) is 2.22. The van der Waals surface area contributed by atoms with Gasteiger partial charge in [0.2, 0.25) is 5.91 Å². The maximum Gasteiger partial charge on any atom is 0.225 e. The van der Waals surface area contributed by atoms with Crippen LogP contribution in [0.15, 0.2) is 24.3 Å². The molecular weight excluding hydrogens is 252 g/mol. The van der Waals surface area contributed by atoms with Crippen molar-refractivity contribution in [1.82, 2.24) is 20.1 Å². The normalized spacial score (nSPS) is 14.3. The summed E-state index contributed by atoms with van der Waals surface area (Å²) in [6.45, 7) is 2.53. The molecule has 0 atom stereocenters. The molecule has 1 aliphatic carbocycles. The quantitative estimate of drug-likeness (QED) is 0.926.